The minimum Gasteiger partial charge on any atom is -0.453 e. The van der Waals surface area contributed by atoms with Gasteiger partial charge in [0.15, 0.2) is 5.76 Å². The van der Waals surface area contributed by atoms with Gasteiger partial charge < -0.3 is 14.5 Å². The lowest BCUT2D eigenvalue weighted by Gasteiger charge is -2.26. The van der Waals surface area contributed by atoms with Gasteiger partial charge in [-0.3, -0.25) is 4.79 Å². The first-order valence-electron chi connectivity index (χ1n) is 8.98. The Hall–Kier alpha value is -2.68. The van der Waals surface area contributed by atoms with E-state index in [0.717, 1.165) is 5.39 Å². The molecule has 1 aromatic heterocycles. The highest BCUT2D eigenvalue weighted by atomic mass is 32.2. The fourth-order valence-electron chi connectivity index (χ4n) is 3.07. The Morgan fingerprint density at radius 3 is 2.46 bits per heavy atom. The van der Waals surface area contributed by atoms with Gasteiger partial charge in [0.05, 0.1) is 24.7 Å². The lowest BCUT2D eigenvalue weighted by Crippen LogP contribution is -2.40. The first-order valence-corrected chi connectivity index (χ1v) is 10.4. The fraction of sp³-hybridized carbons (Fsp3) is 0.250. The Morgan fingerprint density at radius 2 is 1.75 bits per heavy atom. The van der Waals surface area contributed by atoms with Gasteiger partial charge in [0.1, 0.15) is 5.58 Å². The van der Waals surface area contributed by atoms with Gasteiger partial charge in [-0.25, -0.2) is 8.42 Å². The van der Waals surface area contributed by atoms with E-state index in [1.807, 2.05) is 24.3 Å². The third-order valence-corrected chi connectivity index (χ3v) is 6.53. The topological polar surface area (TPSA) is 88.9 Å². The Bertz CT molecular complexity index is 1050. The first-order chi connectivity index (χ1) is 13.5. The lowest BCUT2D eigenvalue weighted by atomic mass is 10.2. The van der Waals surface area contributed by atoms with Crippen molar-refractivity contribution >= 4 is 32.5 Å². The number of nitrogens with zero attached hydrogens (tertiary/aromatic N) is 1. The van der Waals surface area contributed by atoms with E-state index in [4.69, 9.17) is 9.15 Å². The second kappa shape index (κ2) is 7.75. The van der Waals surface area contributed by atoms with E-state index in [0.29, 0.717) is 43.3 Å². The maximum absolute atomic E-state index is 12.6. The second-order valence-corrected chi connectivity index (χ2v) is 8.40. The third kappa shape index (κ3) is 3.80. The van der Waals surface area contributed by atoms with E-state index in [1.54, 1.807) is 30.3 Å². The van der Waals surface area contributed by atoms with Crippen LogP contribution in [0.2, 0.25) is 0 Å². The zero-order valence-corrected chi connectivity index (χ0v) is 15.9. The fourth-order valence-corrected chi connectivity index (χ4v) is 4.48. The van der Waals surface area contributed by atoms with Crippen LogP contribution in [0, 0.1) is 0 Å². The third-order valence-electron chi connectivity index (χ3n) is 4.62. The van der Waals surface area contributed by atoms with Crippen molar-refractivity contribution in [1.29, 1.82) is 0 Å². The van der Waals surface area contributed by atoms with E-state index in [-0.39, 0.29) is 17.2 Å². The number of fused-ring (bicyclic) bond motifs is 1. The highest BCUT2D eigenvalue weighted by Gasteiger charge is 2.26. The molecular weight excluding hydrogens is 380 g/mol. The second-order valence-electron chi connectivity index (χ2n) is 6.47. The summed E-state index contributed by atoms with van der Waals surface area (Å²) in [7, 11) is -3.52. The number of nitrogens with one attached hydrogen (secondary N) is 1. The first kappa shape index (κ1) is 18.7. The number of ketones is 1. The lowest BCUT2D eigenvalue weighted by molar-refractivity contribution is 0.0730. The number of para-hydroxylation sites is 1. The average molecular weight is 400 g/mol. The number of benzene rings is 2. The summed E-state index contributed by atoms with van der Waals surface area (Å²) in [5.74, 6) is 0.112. The molecule has 7 nitrogen and oxygen atoms in total. The number of rotatable bonds is 6. The minimum atomic E-state index is -3.52. The van der Waals surface area contributed by atoms with E-state index >= 15 is 0 Å². The molecule has 8 heteroatoms. The number of anilines is 1. The maximum Gasteiger partial charge on any atom is 0.243 e. The van der Waals surface area contributed by atoms with E-state index in [9.17, 15) is 13.2 Å². The smallest absolute Gasteiger partial charge is 0.243 e. The van der Waals surface area contributed by atoms with E-state index in [1.165, 1.54) is 4.31 Å². The van der Waals surface area contributed by atoms with Gasteiger partial charge in [0, 0.05) is 24.2 Å². The summed E-state index contributed by atoms with van der Waals surface area (Å²) >= 11 is 0. The summed E-state index contributed by atoms with van der Waals surface area (Å²) in [6, 6.07) is 15.5. The van der Waals surface area contributed by atoms with Gasteiger partial charge in [-0.1, -0.05) is 18.2 Å². The van der Waals surface area contributed by atoms with Crippen LogP contribution in [0.3, 0.4) is 0 Å². The zero-order valence-electron chi connectivity index (χ0n) is 15.1. The summed E-state index contributed by atoms with van der Waals surface area (Å²) in [5.41, 5.74) is 1.33. The molecule has 1 aliphatic rings. The molecule has 2 heterocycles. The monoisotopic (exact) mass is 400 g/mol. The van der Waals surface area contributed by atoms with Crippen LogP contribution in [0.4, 0.5) is 5.69 Å². The molecule has 1 N–H and O–H groups in total. The average Bonchev–Trinajstić information content (AvgIpc) is 3.17. The number of Topliss-reactive ketones (excluding diaryl/α,β-unsaturated/α-hetero) is 1. The number of ether oxygens (including phenoxy) is 1. The molecule has 28 heavy (non-hydrogen) atoms. The predicted molar refractivity (Wildman–Crippen MR) is 105 cm³/mol. The molecule has 3 aromatic rings. The largest absolute Gasteiger partial charge is 0.453 e. The Balaban J connectivity index is 1.41. The molecule has 0 atom stereocenters. The quantitative estimate of drug-likeness (QED) is 0.640. The minimum absolute atomic E-state index is 0.0510. The van der Waals surface area contributed by atoms with Gasteiger partial charge in [-0.05, 0) is 36.4 Å². The molecular formula is C20H20N2O5S. The van der Waals surface area contributed by atoms with Crippen molar-refractivity contribution in [3.63, 3.8) is 0 Å². The number of hydrogen-bond donors (Lipinski definition) is 1. The van der Waals surface area contributed by atoms with Crippen molar-refractivity contribution in [2.45, 2.75) is 4.90 Å². The van der Waals surface area contributed by atoms with E-state index < -0.39 is 10.0 Å². The van der Waals surface area contributed by atoms with Crippen LogP contribution in [0.1, 0.15) is 10.6 Å². The van der Waals surface area contributed by atoms with Crippen molar-refractivity contribution in [2.24, 2.45) is 0 Å². The molecule has 1 aliphatic heterocycles. The molecule has 0 amide bonds. The maximum atomic E-state index is 12.6. The summed E-state index contributed by atoms with van der Waals surface area (Å²) in [6.07, 6.45) is 0. The van der Waals surface area contributed by atoms with Crippen LogP contribution < -0.4 is 5.32 Å². The van der Waals surface area contributed by atoms with Crippen molar-refractivity contribution in [1.82, 2.24) is 4.31 Å². The molecule has 4 rings (SSSR count). The number of carbonyl (C=O) groups excluding carboxylic acids is 1. The normalized spacial score (nSPS) is 15.6. The highest BCUT2D eigenvalue weighted by molar-refractivity contribution is 7.89. The molecule has 1 saturated heterocycles. The van der Waals surface area contributed by atoms with Crippen LogP contribution in [0.15, 0.2) is 63.9 Å². The molecule has 0 aliphatic carbocycles. The van der Waals surface area contributed by atoms with Crippen molar-refractivity contribution in [2.75, 3.05) is 38.2 Å². The molecule has 0 spiro atoms. The van der Waals surface area contributed by atoms with Gasteiger partial charge >= 0.3 is 0 Å². The van der Waals surface area contributed by atoms with Gasteiger partial charge in [-0.2, -0.15) is 4.31 Å². The highest BCUT2D eigenvalue weighted by Crippen LogP contribution is 2.21. The standard InChI is InChI=1S/C20H20N2O5S/c23-18(20-13-15-3-1-2-4-19(15)27-20)14-21-16-5-7-17(8-6-16)28(24,25)22-9-11-26-12-10-22/h1-8,13,21H,9-12,14H2. The molecule has 1 fully saturated rings. The van der Waals surface area contributed by atoms with Gasteiger partial charge in [0.2, 0.25) is 15.8 Å². The van der Waals surface area contributed by atoms with Crippen LogP contribution in [0.25, 0.3) is 11.0 Å². The Morgan fingerprint density at radius 1 is 1.04 bits per heavy atom. The summed E-state index contributed by atoms with van der Waals surface area (Å²) < 4.78 is 37.4. The molecule has 0 bridgehead atoms. The van der Waals surface area contributed by atoms with Crippen LogP contribution in [-0.4, -0.2) is 51.4 Å². The number of hydrogen-bond acceptors (Lipinski definition) is 6. The van der Waals surface area contributed by atoms with Gasteiger partial charge in [0.25, 0.3) is 0 Å². The number of furan rings is 1. The Labute approximate surface area is 162 Å². The molecule has 0 radical (unpaired) electrons. The van der Waals surface area contributed by atoms with Gasteiger partial charge in [-0.15, -0.1) is 0 Å². The SMILES string of the molecule is O=C(CNc1ccc(S(=O)(=O)N2CCOCC2)cc1)c1cc2ccccc2o1. The molecule has 0 unspecified atom stereocenters. The zero-order chi connectivity index (χ0) is 19.6. The van der Waals surface area contributed by atoms with Crippen molar-refractivity contribution in [3.8, 4) is 0 Å². The van der Waals surface area contributed by atoms with Crippen LogP contribution in [0.5, 0.6) is 0 Å². The number of morpholine rings is 1. The van der Waals surface area contributed by atoms with E-state index in [2.05, 4.69) is 5.32 Å². The van der Waals surface area contributed by atoms with Crippen LogP contribution >= 0.6 is 0 Å². The molecule has 2 aromatic carbocycles. The predicted octanol–water partition coefficient (Wildman–Crippen LogP) is 2.75. The summed E-state index contributed by atoms with van der Waals surface area (Å²) in [4.78, 5) is 12.6. The number of carbonyl (C=O) groups is 1. The van der Waals surface area contributed by atoms with Crippen LogP contribution in [-0.2, 0) is 14.8 Å². The molecule has 146 valence electrons. The van der Waals surface area contributed by atoms with Crippen molar-refractivity contribution in [3.05, 3.63) is 60.4 Å². The Kier molecular flexibility index (Phi) is 5.17. The summed E-state index contributed by atoms with van der Waals surface area (Å²) in [5, 5.41) is 3.89. The van der Waals surface area contributed by atoms with Crippen molar-refractivity contribution < 1.29 is 22.4 Å². The molecule has 0 saturated carbocycles. The number of sulfonamides is 1. The summed E-state index contributed by atoms with van der Waals surface area (Å²) in [6.45, 7) is 1.57.